The number of hydrogen-bond acceptors (Lipinski definition) is 3. The fraction of sp³-hybridized carbons (Fsp3) is 0.312. The number of pyridine rings is 1. The predicted molar refractivity (Wildman–Crippen MR) is 88.3 cm³/mol. The molecule has 1 atom stereocenters. The Hall–Kier alpha value is -1.21. The largest absolute Gasteiger partial charge is 0.439 e. The van der Waals surface area contributed by atoms with Crippen molar-refractivity contribution in [1.82, 2.24) is 4.98 Å². The first kappa shape index (κ1) is 18.6. The molecular weight excluding hydrogens is 402 g/mol. The highest BCUT2D eigenvalue weighted by atomic mass is 35.6. The molecule has 0 aliphatic carbocycles. The molecule has 1 aromatic heterocycles. The van der Waals surface area contributed by atoms with Crippen molar-refractivity contribution in [2.45, 2.75) is 22.0 Å². The maximum Gasteiger partial charge on any atom is 0.433 e. The van der Waals surface area contributed by atoms with Gasteiger partial charge in [-0.05, 0) is 23.8 Å². The van der Waals surface area contributed by atoms with Gasteiger partial charge in [0.05, 0.1) is 6.61 Å². The molecule has 25 heavy (non-hydrogen) atoms. The van der Waals surface area contributed by atoms with Gasteiger partial charge in [0, 0.05) is 12.5 Å². The summed E-state index contributed by atoms with van der Waals surface area (Å²) in [6, 6.07) is 10.1. The Balaban J connectivity index is 1.82. The van der Waals surface area contributed by atoms with E-state index in [2.05, 4.69) is 4.98 Å². The lowest BCUT2D eigenvalue weighted by molar-refractivity contribution is -0.141. The first-order valence-electron chi connectivity index (χ1n) is 7.11. The third-order valence-electron chi connectivity index (χ3n) is 3.58. The zero-order valence-corrected chi connectivity index (χ0v) is 14.8. The van der Waals surface area contributed by atoms with E-state index in [1.54, 1.807) is 24.3 Å². The van der Waals surface area contributed by atoms with Crippen LogP contribution in [0.15, 0.2) is 42.5 Å². The summed E-state index contributed by atoms with van der Waals surface area (Å²) < 4.78 is 47.6. The molecule has 0 radical (unpaired) electrons. The van der Waals surface area contributed by atoms with Gasteiger partial charge in [-0.25, -0.2) is 4.98 Å². The smallest absolute Gasteiger partial charge is 0.433 e. The quantitative estimate of drug-likeness (QED) is 0.465. The Morgan fingerprint density at radius 2 is 1.80 bits per heavy atom. The minimum absolute atomic E-state index is 0.149. The van der Waals surface area contributed by atoms with E-state index in [1.807, 2.05) is 0 Å². The van der Waals surface area contributed by atoms with Crippen molar-refractivity contribution < 1.29 is 22.6 Å². The van der Waals surface area contributed by atoms with E-state index in [0.717, 1.165) is 6.07 Å². The van der Waals surface area contributed by atoms with E-state index in [-0.39, 0.29) is 12.3 Å². The molecule has 1 unspecified atom stereocenters. The third kappa shape index (κ3) is 4.70. The first-order valence-corrected chi connectivity index (χ1v) is 8.24. The van der Waals surface area contributed by atoms with Gasteiger partial charge in [-0.1, -0.05) is 53.0 Å². The normalized spacial score (nSPS) is 20.4. The van der Waals surface area contributed by atoms with Gasteiger partial charge in [0.1, 0.15) is 17.0 Å². The number of benzene rings is 1. The van der Waals surface area contributed by atoms with Crippen molar-refractivity contribution >= 4 is 34.8 Å². The third-order valence-corrected chi connectivity index (χ3v) is 3.98. The van der Waals surface area contributed by atoms with Crippen LogP contribution in [0.5, 0.6) is 11.6 Å². The van der Waals surface area contributed by atoms with E-state index < -0.39 is 21.3 Å². The summed E-state index contributed by atoms with van der Waals surface area (Å²) in [7, 11) is 0. The van der Waals surface area contributed by atoms with Crippen LogP contribution in [0.25, 0.3) is 0 Å². The molecule has 0 spiro atoms. The average Bonchev–Trinajstić information content (AvgIpc) is 3.26. The first-order chi connectivity index (χ1) is 11.6. The highest BCUT2D eigenvalue weighted by molar-refractivity contribution is 6.67. The molecule has 1 aliphatic heterocycles. The van der Waals surface area contributed by atoms with Crippen LogP contribution in [0.2, 0.25) is 0 Å². The zero-order valence-electron chi connectivity index (χ0n) is 12.5. The van der Waals surface area contributed by atoms with Crippen LogP contribution in [0, 0.1) is 0 Å². The number of ether oxygens (including phenoxy) is 2. The monoisotopic (exact) mass is 411 g/mol. The molecule has 1 aromatic carbocycles. The van der Waals surface area contributed by atoms with Gasteiger partial charge < -0.3 is 9.47 Å². The van der Waals surface area contributed by atoms with Crippen molar-refractivity contribution in [3.8, 4) is 11.6 Å². The molecule has 3 rings (SSSR count). The number of aromatic nitrogens is 1. The van der Waals surface area contributed by atoms with Crippen molar-refractivity contribution in [2.75, 3.05) is 6.61 Å². The summed E-state index contributed by atoms with van der Waals surface area (Å²) in [5.74, 6) is 0.141. The summed E-state index contributed by atoms with van der Waals surface area (Å²) in [5.41, 5.74) is -1.05. The maximum atomic E-state index is 12.7. The van der Waals surface area contributed by atoms with Gasteiger partial charge in [-0.3, -0.25) is 0 Å². The van der Waals surface area contributed by atoms with Crippen LogP contribution in [0.1, 0.15) is 17.7 Å². The predicted octanol–water partition coefficient (Wildman–Crippen LogP) is 5.88. The number of nitrogens with zero attached hydrogens (tertiary/aromatic N) is 1. The van der Waals surface area contributed by atoms with E-state index in [9.17, 15) is 13.2 Å². The van der Waals surface area contributed by atoms with Gasteiger partial charge in [0.2, 0.25) is 5.88 Å². The lowest BCUT2D eigenvalue weighted by Crippen LogP contribution is -2.18. The molecular formula is C16H11Cl3F3NO2. The molecule has 2 aromatic rings. The van der Waals surface area contributed by atoms with E-state index in [1.165, 1.54) is 12.1 Å². The fourth-order valence-corrected chi connectivity index (χ4v) is 3.02. The van der Waals surface area contributed by atoms with E-state index in [4.69, 9.17) is 44.3 Å². The van der Waals surface area contributed by atoms with E-state index in [0.29, 0.717) is 17.9 Å². The number of alkyl halides is 6. The molecule has 0 N–H and O–H groups in total. The molecule has 0 saturated carbocycles. The molecule has 0 bridgehead atoms. The minimum Gasteiger partial charge on any atom is -0.439 e. The molecule has 1 fully saturated rings. The van der Waals surface area contributed by atoms with Crippen LogP contribution in [-0.2, 0) is 16.5 Å². The Kier molecular flexibility index (Phi) is 4.83. The Morgan fingerprint density at radius 1 is 1.12 bits per heavy atom. The summed E-state index contributed by atoms with van der Waals surface area (Å²) in [6.07, 6.45) is -4.40. The second-order valence-corrected chi connectivity index (χ2v) is 8.08. The van der Waals surface area contributed by atoms with Crippen molar-refractivity contribution in [3.63, 3.8) is 0 Å². The standard InChI is InChI=1S/C16H11Cl3F3NO2/c17-15(18,19)8-14(9-24-14)10-3-1-4-11(7-10)25-13-6-2-5-12(23-13)16(20,21)22/h1-7H,8-9H2. The SMILES string of the molecule is FC(F)(F)c1cccc(Oc2cccc(C3(CC(Cl)(Cl)Cl)CO3)c2)n1. The van der Waals surface area contributed by atoms with Crippen LogP contribution >= 0.6 is 34.8 Å². The minimum atomic E-state index is -4.54. The number of rotatable bonds is 4. The summed E-state index contributed by atoms with van der Waals surface area (Å²) in [5, 5.41) is 0. The lowest BCUT2D eigenvalue weighted by atomic mass is 9.97. The van der Waals surface area contributed by atoms with Crippen LogP contribution < -0.4 is 4.74 Å². The second-order valence-electron chi connectivity index (χ2n) is 5.56. The van der Waals surface area contributed by atoms with Crippen LogP contribution in [0.3, 0.4) is 0 Å². The van der Waals surface area contributed by atoms with Crippen LogP contribution in [-0.4, -0.2) is 15.4 Å². The molecule has 1 saturated heterocycles. The number of halogens is 6. The number of epoxide rings is 1. The Labute approximate surface area is 156 Å². The second kappa shape index (κ2) is 6.50. The van der Waals surface area contributed by atoms with Crippen molar-refractivity contribution in [1.29, 1.82) is 0 Å². The summed E-state index contributed by atoms with van der Waals surface area (Å²) in [4.78, 5) is 3.46. The van der Waals surface area contributed by atoms with Gasteiger partial charge in [-0.2, -0.15) is 13.2 Å². The molecule has 2 heterocycles. The highest BCUT2D eigenvalue weighted by Gasteiger charge is 2.51. The molecule has 134 valence electrons. The van der Waals surface area contributed by atoms with Crippen LogP contribution in [0.4, 0.5) is 13.2 Å². The maximum absolute atomic E-state index is 12.7. The lowest BCUT2D eigenvalue weighted by Gasteiger charge is -2.18. The average molecular weight is 413 g/mol. The Morgan fingerprint density at radius 3 is 2.40 bits per heavy atom. The summed E-state index contributed by atoms with van der Waals surface area (Å²) in [6.45, 7) is 0.381. The number of hydrogen-bond donors (Lipinski definition) is 0. The zero-order chi connectivity index (χ0) is 18.3. The van der Waals surface area contributed by atoms with Crippen molar-refractivity contribution in [3.05, 3.63) is 53.7 Å². The van der Waals surface area contributed by atoms with Gasteiger partial charge in [0.15, 0.2) is 3.79 Å². The molecule has 0 amide bonds. The highest BCUT2D eigenvalue weighted by Crippen LogP contribution is 2.50. The molecule has 3 nitrogen and oxygen atoms in total. The van der Waals surface area contributed by atoms with Gasteiger partial charge in [-0.15, -0.1) is 0 Å². The van der Waals surface area contributed by atoms with Gasteiger partial charge >= 0.3 is 6.18 Å². The topological polar surface area (TPSA) is 34.6 Å². The van der Waals surface area contributed by atoms with Gasteiger partial charge in [0.25, 0.3) is 0 Å². The fourth-order valence-electron chi connectivity index (χ4n) is 2.37. The van der Waals surface area contributed by atoms with E-state index >= 15 is 0 Å². The van der Waals surface area contributed by atoms with Crippen molar-refractivity contribution in [2.24, 2.45) is 0 Å². The summed E-state index contributed by atoms with van der Waals surface area (Å²) >= 11 is 17.5. The molecule has 1 aliphatic rings. The molecule has 9 heteroatoms. The Bertz CT molecular complexity index is 774.